The fourth-order valence-corrected chi connectivity index (χ4v) is 4.35. The average Bonchev–Trinajstić information content (AvgIpc) is 3.14. The number of nitrogens with zero attached hydrogens (tertiary/aromatic N) is 2. The third-order valence-electron chi connectivity index (χ3n) is 5.83. The highest BCUT2D eigenvalue weighted by Gasteiger charge is 2.29. The monoisotopic (exact) mass is 358 g/mol. The first-order valence-electron chi connectivity index (χ1n) is 9.81. The second-order valence-corrected chi connectivity index (χ2v) is 7.57. The Morgan fingerprint density at radius 3 is 2.63 bits per heavy atom. The SMILES string of the molecule is Cc1nc2ccccc2c(C)c1CC(=O)N1CCCC1Cc1ccccc1. The van der Waals surface area contributed by atoms with Gasteiger partial charge in [0.15, 0.2) is 0 Å². The maximum Gasteiger partial charge on any atom is 0.227 e. The number of benzene rings is 2. The molecule has 1 unspecified atom stereocenters. The highest BCUT2D eigenvalue weighted by molar-refractivity contribution is 5.86. The second-order valence-electron chi connectivity index (χ2n) is 7.57. The molecule has 2 heterocycles. The van der Waals surface area contributed by atoms with Crippen molar-refractivity contribution in [3.63, 3.8) is 0 Å². The number of hydrogen-bond acceptors (Lipinski definition) is 2. The van der Waals surface area contributed by atoms with E-state index in [0.717, 1.165) is 48.0 Å². The van der Waals surface area contributed by atoms with Crippen molar-refractivity contribution in [1.29, 1.82) is 0 Å². The first-order valence-corrected chi connectivity index (χ1v) is 9.81. The van der Waals surface area contributed by atoms with Crippen molar-refractivity contribution in [2.75, 3.05) is 6.54 Å². The molecule has 4 rings (SSSR count). The number of hydrogen-bond donors (Lipinski definition) is 0. The van der Waals surface area contributed by atoms with Crippen LogP contribution in [0.15, 0.2) is 54.6 Å². The van der Waals surface area contributed by atoms with Gasteiger partial charge in [-0.05, 0) is 55.9 Å². The lowest BCUT2D eigenvalue weighted by Crippen LogP contribution is -2.38. The van der Waals surface area contributed by atoms with Crippen LogP contribution in [0.1, 0.15) is 35.2 Å². The van der Waals surface area contributed by atoms with Crippen molar-refractivity contribution < 1.29 is 4.79 Å². The number of para-hydroxylation sites is 1. The number of aryl methyl sites for hydroxylation is 2. The fourth-order valence-electron chi connectivity index (χ4n) is 4.35. The number of likely N-dealkylation sites (tertiary alicyclic amines) is 1. The van der Waals surface area contributed by atoms with Crippen molar-refractivity contribution in [3.8, 4) is 0 Å². The zero-order valence-electron chi connectivity index (χ0n) is 16.1. The second kappa shape index (κ2) is 7.51. The maximum absolute atomic E-state index is 13.2. The fraction of sp³-hybridized carbons (Fsp3) is 0.333. The summed E-state index contributed by atoms with van der Waals surface area (Å²) in [4.78, 5) is 20.0. The predicted molar refractivity (Wildman–Crippen MR) is 110 cm³/mol. The van der Waals surface area contributed by atoms with Crippen LogP contribution in [0, 0.1) is 13.8 Å². The summed E-state index contributed by atoms with van der Waals surface area (Å²) in [6.07, 6.45) is 3.58. The molecule has 1 saturated heterocycles. The van der Waals surface area contributed by atoms with Gasteiger partial charge in [0.1, 0.15) is 0 Å². The zero-order valence-corrected chi connectivity index (χ0v) is 16.1. The number of pyridine rings is 1. The van der Waals surface area contributed by atoms with Gasteiger partial charge in [0.05, 0.1) is 11.9 Å². The molecule has 0 saturated carbocycles. The van der Waals surface area contributed by atoms with Crippen molar-refractivity contribution >= 4 is 16.8 Å². The molecule has 0 bridgehead atoms. The van der Waals surface area contributed by atoms with Gasteiger partial charge < -0.3 is 4.90 Å². The van der Waals surface area contributed by atoms with Crippen LogP contribution in [0.3, 0.4) is 0 Å². The molecule has 0 spiro atoms. The van der Waals surface area contributed by atoms with E-state index in [1.54, 1.807) is 0 Å². The Balaban J connectivity index is 1.56. The van der Waals surface area contributed by atoms with E-state index in [2.05, 4.69) is 42.2 Å². The normalized spacial score (nSPS) is 16.8. The summed E-state index contributed by atoms with van der Waals surface area (Å²) < 4.78 is 0. The van der Waals surface area contributed by atoms with Gasteiger partial charge in [0.2, 0.25) is 5.91 Å². The van der Waals surface area contributed by atoms with Gasteiger partial charge in [-0.15, -0.1) is 0 Å². The van der Waals surface area contributed by atoms with Gasteiger partial charge in [-0.3, -0.25) is 9.78 Å². The quantitative estimate of drug-likeness (QED) is 0.681. The molecular weight excluding hydrogens is 332 g/mol. The molecule has 27 heavy (non-hydrogen) atoms. The van der Waals surface area contributed by atoms with E-state index in [1.165, 1.54) is 11.1 Å². The summed E-state index contributed by atoms with van der Waals surface area (Å²) in [6.45, 7) is 5.01. The number of aromatic nitrogens is 1. The Morgan fingerprint density at radius 1 is 1.07 bits per heavy atom. The molecule has 0 aliphatic carbocycles. The van der Waals surface area contributed by atoms with E-state index < -0.39 is 0 Å². The van der Waals surface area contributed by atoms with E-state index >= 15 is 0 Å². The van der Waals surface area contributed by atoms with Crippen LogP contribution in [0.4, 0.5) is 0 Å². The minimum Gasteiger partial charge on any atom is -0.339 e. The van der Waals surface area contributed by atoms with E-state index in [0.29, 0.717) is 12.5 Å². The lowest BCUT2D eigenvalue weighted by molar-refractivity contribution is -0.131. The number of carbonyl (C=O) groups excluding carboxylic acids is 1. The number of fused-ring (bicyclic) bond motifs is 1. The van der Waals surface area contributed by atoms with E-state index in [1.807, 2.05) is 31.2 Å². The number of amides is 1. The highest BCUT2D eigenvalue weighted by Crippen LogP contribution is 2.26. The van der Waals surface area contributed by atoms with Crippen molar-refractivity contribution in [2.45, 2.75) is 45.6 Å². The van der Waals surface area contributed by atoms with Crippen LogP contribution in [0.25, 0.3) is 10.9 Å². The molecule has 1 aliphatic rings. The lowest BCUT2D eigenvalue weighted by Gasteiger charge is -2.26. The summed E-state index contributed by atoms with van der Waals surface area (Å²) >= 11 is 0. The third kappa shape index (κ3) is 3.59. The van der Waals surface area contributed by atoms with Gasteiger partial charge in [-0.2, -0.15) is 0 Å². The van der Waals surface area contributed by atoms with Crippen LogP contribution in [0.2, 0.25) is 0 Å². The summed E-state index contributed by atoms with van der Waals surface area (Å²) in [7, 11) is 0. The molecule has 1 aliphatic heterocycles. The van der Waals surface area contributed by atoms with Crippen LogP contribution in [0.5, 0.6) is 0 Å². The Bertz CT molecular complexity index is 965. The predicted octanol–water partition coefficient (Wildman–Crippen LogP) is 4.63. The van der Waals surface area contributed by atoms with Crippen LogP contribution >= 0.6 is 0 Å². The first-order chi connectivity index (χ1) is 13.1. The van der Waals surface area contributed by atoms with E-state index in [9.17, 15) is 4.79 Å². The standard InChI is InChI=1S/C24H26N2O/c1-17-21-12-6-7-13-23(21)25-18(2)22(17)16-24(27)26-14-8-11-20(26)15-19-9-4-3-5-10-19/h3-7,9-10,12-13,20H,8,11,14-16H2,1-2H3. The minimum absolute atomic E-state index is 0.233. The van der Waals surface area contributed by atoms with Crippen LogP contribution in [-0.4, -0.2) is 28.4 Å². The van der Waals surface area contributed by atoms with Gasteiger partial charge in [-0.25, -0.2) is 0 Å². The van der Waals surface area contributed by atoms with Crippen molar-refractivity contribution in [1.82, 2.24) is 9.88 Å². The molecule has 1 amide bonds. The molecule has 138 valence electrons. The summed E-state index contributed by atoms with van der Waals surface area (Å²) in [5, 5.41) is 1.15. The Labute approximate surface area is 161 Å². The van der Waals surface area contributed by atoms with Crippen molar-refractivity contribution in [2.24, 2.45) is 0 Å². The summed E-state index contributed by atoms with van der Waals surface area (Å²) in [5.41, 5.74) is 5.56. The molecule has 1 fully saturated rings. The van der Waals surface area contributed by atoms with Gasteiger partial charge >= 0.3 is 0 Å². The minimum atomic E-state index is 0.233. The molecule has 0 radical (unpaired) electrons. The Hall–Kier alpha value is -2.68. The van der Waals surface area contributed by atoms with Gasteiger partial charge in [-0.1, -0.05) is 48.5 Å². The zero-order chi connectivity index (χ0) is 18.8. The van der Waals surface area contributed by atoms with Crippen LogP contribution in [-0.2, 0) is 17.6 Å². The molecule has 1 aromatic heterocycles. The summed E-state index contributed by atoms with van der Waals surface area (Å²) in [6, 6.07) is 19.0. The molecule has 3 nitrogen and oxygen atoms in total. The van der Waals surface area contributed by atoms with E-state index in [-0.39, 0.29) is 5.91 Å². The molecular formula is C24H26N2O. The Morgan fingerprint density at radius 2 is 1.81 bits per heavy atom. The number of rotatable bonds is 4. The highest BCUT2D eigenvalue weighted by atomic mass is 16.2. The smallest absolute Gasteiger partial charge is 0.227 e. The molecule has 2 aromatic carbocycles. The molecule has 1 atom stereocenters. The maximum atomic E-state index is 13.2. The van der Waals surface area contributed by atoms with Gasteiger partial charge in [0, 0.05) is 23.7 Å². The lowest BCUT2D eigenvalue weighted by atomic mass is 9.98. The largest absolute Gasteiger partial charge is 0.339 e. The van der Waals surface area contributed by atoms with Gasteiger partial charge in [0.25, 0.3) is 0 Å². The van der Waals surface area contributed by atoms with Crippen molar-refractivity contribution in [3.05, 3.63) is 77.0 Å². The number of carbonyl (C=O) groups is 1. The topological polar surface area (TPSA) is 33.2 Å². The first kappa shape index (κ1) is 17.7. The third-order valence-corrected chi connectivity index (χ3v) is 5.83. The summed E-state index contributed by atoms with van der Waals surface area (Å²) in [5.74, 6) is 0.233. The van der Waals surface area contributed by atoms with E-state index in [4.69, 9.17) is 4.98 Å². The molecule has 3 aromatic rings. The van der Waals surface area contributed by atoms with Crippen LogP contribution < -0.4 is 0 Å². The molecule has 3 heteroatoms. The Kier molecular flexibility index (Phi) is 4.93. The average molecular weight is 358 g/mol. The molecule has 0 N–H and O–H groups in total.